The Kier molecular flexibility index (Phi) is 5.32. The van der Waals surface area contributed by atoms with Crippen molar-refractivity contribution in [2.24, 2.45) is 0 Å². The maximum absolute atomic E-state index is 5.56. The van der Waals surface area contributed by atoms with Crippen LogP contribution in [0.3, 0.4) is 0 Å². The number of fused-ring (bicyclic) bond motifs is 2. The largest absolute Gasteiger partial charge is 0.356 e. The summed E-state index contributed by atoms with van der Waals surface area (Å²) in [6.45, 7) is 0. The molecule has 0 atom stereocenters. The first-order chi connectivity index (χ1) is 12.8. The van der Waals surface area contributed by atoms with E-state index in [1.807, 2.05) is 18.2 Å². The third kappa shape index (κ3) is 3.97. The summed E-state index contributed by atoms with van der Waals surface area (Å²) in [4.78, 5) is 0. The van der Waals surface area contributed by atoms with Gasteiger partial charge in [0.2, 0.25) is 0 Å². The van der Waals surface area contributed by atoms with Crippen molar-refractivity contribution in [3.05, 3.63) is 78.0 Å². The lowest BCUT2D eigenvalue weighted by atomic mass is 10.1. The fraction of sp³-hybridized carbons (Fsp3) is 0.182. The fourth-order valence-corrected chi connectivity index (χ4v) is 4.20. The van der Waals surface area contributed by atoms with Crippen LogP contribution < -0.4 is 0 Å². The second-order valence-corrected chi connectivity index (χ2v) is 8.14. The molecule has 0 saturated carbocycles. The van der Waals surface area contributed by atoms with Gasteiger partial charge in [-0.3, -0.25) is 0 Å². The lowest BCUT2D eigenvalue weighted by molar-refractivity contribution is 0.445. The molecule has 1 aromatic heterocycles. The van der Waals surface area contributed by atoms with Crippen LogP contribution >= 0.6 is 24.0 Å². The van der Waals surface area contributed by atoms with Crippen molar-refractivity contribution >= 4 is 49.9 Å². The van der Waals surface area contributed by atoms with Crippen molar-refractivity contribution in [3.8, 4) is 0 Å². The van der Waals surface area contributed by atoms with E-state index in [2.05, 4.69) is 53.7 Å². The van der Waals surface area contributed by atoms with Gasteiger partial charge in [-0.2, -0.15) is 0 Å². The highest BCUT2D eigenvalue weighted by atomic mass is 32.2. The number of rotatable bonds is 6. The first-order valence-corrected chi connectivity index (χ1v) is 10.2. The lowest BCUT2D eigenvalue weighted by Gasteiger charge is -2.05. The molecule has 0 radical (unpaired) electrons. The zero-order valence-electron chi connectivity index (χ0n) is 14.4. The number of thioether (sulfide) groups is 1. The molecule has 0 aliphatic rings. The van der Waals surface area contributed by atoms with Gasteiger partial charge in [0.05, 0.1) is 5.69 Å². The molecule has 0 unspecified atom stereocenters. The standard InChI is InChI=1S/C22H19NOS2/c25-22(11-5-9-20-19-8-3-4-10-21(19)24-23-20)26-15-16-12-13-17-6-1-2-7-18(17)14-16/h1-4,6-8,10,12-14H,5,9,11,15H2. The summed E-state index contributed by atoms with van der Waals surface area (Å²) >= 11 is 7.33. The summed E-state index contributed by atoms with van der Waals surface area (Å²) in [5.74, 6) is 0.927. The number of hydrogen-bond acceptors (Lipinski definition) is 4. The minimum absolute atomic E-state index is 0.857. The second-order valence-electron chi connectivity index (χ2n) is 6.32. The number of benzene rings is 3. The average molecular weight is 378 g/mol. The van der Waals surface area contributed by atoms with Crippen LogP contribution in [-0.4, -0.2) is 9.35 Å². The zero-order valence-corrected chi connectivity index (χ0v) is 16.0. The summed E-state index contributed by atoms with van der Waals surface area (Å²) < 4.78 is 6.42. The molecule has 1 heterocycles. The molecule has 4 heteroatoms. The van der Waals surface area contributed by atoms with Crippen LogP contribution in [0.15, 0.2) is 71.3 Å². The quantitative estimate of drug-likeness (QED) is 0.355. The molecule has 0 saturated heterocycles. The third-order valence-corrected chi connectivity index (χ3v) is 6.02. The minimum atomic E-state index is 0.857. The van der Waals surface area contributed by atoms with Crippen LogP contribution in [0.1, 0.15) is 24.1 Å². The summed E-state index contributed by atoms with van der Waals surface area (Å²) in [7, 11) is 0. The first kappa shape index (κ1) is 17.3. The predicted octanol–water partition coefficient (Wildman–Crippen LogP) is 6.56. The van der Waals surface area contributed by atoms with Crippen LogP contribution in [0.4, 0.5) is 0 Å². The summed E-state index contributed by atoms with van der Waals surface area (Å²) in [5, 5.41) is 7.87. The average Bonchev–Trinajstić information content (AvgIpc) is 3.09. The van der Waals surface area contributed by atoms with Gasteiger partial charge in [0.15, 0.2) is 5.58 Å². The van der Waals surface area contributed by atoms with Crippen LogP contribution in [-0.2, 0) is 12.2 Å². The van der Waals surface area contributed by atoms with Crippen molar-refractivity contribution in [1.82, 2.24) is 5.16 Å². The molecule has 3 aromatic carbocycles. The minimum Gasteiger partial charge on any atom is -0.356 e. The number of nitrogens with zero attached hydrogens (tertiary/aromatic N) is 1. The van der Waals surface area contributed by atoms with Gasteiger partial charge in [-0.25, -0.2) is 0 Å². The highest BCUT2D eigenvalue weighted by Crippen LogP contribution is 2.23. The molecular weight excluding hydrogens is 358 g/mol. The van der Waals surface area contributed by atoms with Gasteiger partial charge in [0.25, 0.3) is 0 Å². The summed E-state index contributed by atoms with van der Waals surface area (Å²) in [6.07, 6.45) is 2.82. The highest BCUT2D eigenvalue weighted by molar-refractivity contribution is 8.22. The number of thiocarbonyl (C=S) groups is 1. The van der Waals surface area contributed by atoms with E-state index in [4.69, 9.17) is 16.7 Å². The fourth-order valence-electron chi connectivity index (χ4n) is 3.08. The maximum atomic E-state index is 5.56. The highest BCUT2D eigenvalue weighted by Gasteiger charge is 2.08. The molecule has 2 nitrogen and oxygen atoms in total. The lowest BCUT2D eigenvalue weighted by Crippen LogP contribution is -1.93. The van der Waals surface area contributed by atoms with Gasteiger partial charge in [-0.05, 0) is 47.7 Å². The summed E-state index contributed by atoms with van der Waals surface area (Å²) in [6, 6.07) is 23.1. The Balaban J connectivity index is 1.28. The van der Waals surface area contributed by atoms with Gasteiger partial charge in [-0.1, -0.05) is 72.0 Å². The van der Waals surface area contributed by atoms with Crippen molar-refractivity contribution in [1.29, 1.82) is 0 Å². The van der Waals surface area contributed by atoms with E-state index in [-0.39, 0.29) is 0 Å². The Morgan fingerprint density at radius 1 is 0.962 bits per heavy atom. The van der Waals surface area contributed by atoms with E-state index >= 15 is 0 Å². The number of aryl methyl sites for hydroxylation is 1. The first-order valence-electron chi connectivity index (χ1n) is 8.76. The summed E-state index contributed by atoms with van der Waals surface area (Å²) in [5.41, 5.74) is 3.21. The molecule has 0 N–H and O–H groups in total. The Morgan fingerprint density at radius 2 is 1.77 bits per heavy atom. The van der Waals surface area contributed by atoms with E-state index in [1.165, 1.54) is 16.3 Å². The smallest absolute Gasteiger partial charge is 0.167 e. The molecule has 4 aromatic rings. The monoisotopic (exact) mass is 377 g/mol. The molecule has 0 aliphatic heterocycles. The molecule has 0 spiro atoms. The van der Waals surface area contributed by atoms with Crippen LogP contribution in [0.5, 0.6) is 0 Å². The van der Waals surface area contributed by atoms with Gasteiger partial charge < -0.3 is 4.52 Å². The molecule has 26 heavy (non-hydrogen) atoms. The molecule has 130 valence electrons. The second kappa shape index (κ2) is 8.02. The van der Waals surface area contributed by atoms with E-state index in [0.29, 0.717) is 0 Å². The van der Waals surface area contributed by atoms with Crippen LogP contribution in [0.2, 0.25) is 0 Å². The van der Waals surface area contributed by atoms with Gasteiger partial charge in [-0.15, -0.1) is 11.8 Å². The SMILES string of the molecule is S=C(CCCc1noc2ccccc12)SCc1ccc2ccccc2c1. The van der Waals surface area contributed by atoms with E-state index in [0.717, 1.165) is 45.9 Å². The van der Waals surface area contributed by atoms with Gasteiger partial charge >= 0.3 is 0 Å². The third-order valence-electron chi connectivity index (χ3n) is 4.46. The predicted molar refractivity (Wildman–Crippen MR) is 115 cm³/mol. The molecule has 4 rings (SSSR count). The molecule has 0 aliphatic carbocycles. The van der Waals surface area contributed by atoms with Crippen molar-refractivity contribution in [2.75, 3.05) is 0 Å². The van der Waals surface area contributed by atoms with E-state index in [1.54, 1.807) is 11.8 Å². The Labute approximate surface area is 162 Å². The number of aromatic nitrogens is 1. The number of hydrogen-bond donors (Lipinski definition) is 0. The topological polar surface area (TPSA) is 26.0 Å². The van der Waals surface area contributed by atoms with Crippen molar-refractivity contribution in [3.63, 3.8) is 0 Å². The van der Waals surface area contributed by atoms with Gasteiger partial charge in [0.1, 0.15) is 0 Å². The Bertz CT molecular complexity index is 1050. The van der Waals surface area contributed by atoms with Crippen LogP contribution in [0, 0.1) is 0 Å². The molecule has 0 amide bonds. The van der Waals surface area contributed by atoms with E-state index in [9.17, 15) is 0 Å². The maximum Gasteiger partial charge on any atom is 0.167 e. The molecule has 0 bridgehead atoms. The Morgan fingerprint density at radius 3 is 2.69 bits per heavy atom. The Hall–Kier alpha value is -2.17. The molecular formula is C22H19NOS2. The van der Waals surface area contributed by atoms with Crippen LogP contribution in [0.25, 0.3) is 21.7 Å². The zero-order chi connectivity index (χ0) is 17.8. The molecule has 0 fully saturated rings. The van der Waals surface area contributed by atoms with Crippen molar-refractivity contribution < 1.29 is 4.52 Å². The number of para-hydroxylation sites is 1. The van der Waals surface area contributed by atoms with E-state index < -0.39 is 0 Å². The normalized spacial score (nSPS) is 11.2. The van der Waals surface area contributed by atoms with Crippen molar-refractivity contribution in [2.45, 2.75) is 25.0 Å². The van der Waals surface area contributed by atoms with Gasteiger partial charge in [0, 0.05) is 15.3 Å².